The Hall–Kier alpha value is -0.0800. The summed E-state index contributed by atoms with van der Waals surface area (Å²) in [6.45, 7) is 8.71. The van der Waals surface area contributed by atoms with Crippen LogP contribution in [0.2, 0.25) is 0 Å². The lowest BCUT2D eigenvalue weighted by molar-refractivity contribution is -0.0414. The standard InChI is InChI=1S/C13H25NO/c1-12(2,3)15-10-13(7-8-13)11-6-5-9-14(11)4/h11H,5-10H2,1-4H3. The Kier molecular flexibility index (Phi) is 2.85. The van der Waals surface area contributed by atoms with Crippen molar-refractivity contribution in [3.05, 3.63) is 0 Å². The fourth-order valence-corrected chi connectivity index (χ4v) is 2.78. The maximum atomic E-state index is 5.99. The summed E-state index contributed by atoms with van der Waals surface area (Å²) in [4.78, 5) is 2.54. The minimum Gasteiger partial charge on any atom is -0.375 e. The van der Waals surface area contributed by atoms with Gasteiger partial charge in [-0.05, 0) is 60.0 Å². The molecule has 0 amide bonds. The number of hydrogen-bond acceptors (Lipinski definition) is 2. The molecule has 0 aromatic rings. The molecule has 1 heterocycles. The van der Waals surface area contributed by atoms with Crippen molar-refractivity contribution < 1.29 is 4.74 Å². The lowest BCUT2D eigenvalue weighted by atomic mass is 9.95. The van der Waals surface area contributed by atoms with Crippen molar-refractivity contribution in [3.63, 3.8) is 0 Å². The third-order valence-electron chi connectivity index (χ3n) is 3.91. The van der Waals surface area contributed by atoms with E-state index in [0.29, 0.717) is 5.41 Å². The van der Waals surface area contributed by atoms with Crippen molar-refractivity contribution >= 4 is 0 Å². The normalized spacial score (nSPS) is 30.8. The number of ether oxygens (including phenoxy) is 1. The zero-order valence-corrected chi connectivity index (χ0v) is 10.7. The molecule has 0 aromatic heterocycles. The summed E-state index contributed by atoms with van der Waals surface area (Å²) in [6.07, 6.45) is 5.50. The second kappa shape index (κ2) is 3.74. The third kappa shape index (κ3) is 2.54. The van der Waals surface area contributed by atoms with Gasteiger partial charge in [-0.3, -0.25) is 0 Å². The van der Waals surface area contributed by atoms with Gasteiger partial charge in [-0.25, -0.2) is 0 Å². The number of likely N-dealkylation sites (tertiary alicyclic amines) is 1. The van der Waals surface area contributed by atoms with E-state index < -0.39 is 0 Å². The molecule has 0 N–H and O–H groups in total. The van der Waals surface area contributed by atoms with Crippen LogP contribution < -0.4 is 0 Å². The lowest BCUT2D eigenvalue weighted by Crippen LogP contribution is -2.38. The summed E-state index contributed by atoms with van der Waals surface area (Å²) >= 11 is 0. The largest absolute Gasteiger partial charge is 0.375 e. The van der Waals surface area contributed by atoms with Crippen LogP contribution in [-0.4, -0.2) is 36.7 Å². The maximum Gasteiger partial charge on any atom is 0.0598 e. The summed E-state index contributed by atoms with van der Waals surface area (Å²) in [5.41, 5.74) is 0.533. The fourth-order valence-electron chi connectivity index (χ4n) is 2.78. The molecule has 1 unspecified atom stereocenters. The van der Waals surface area contributed by atoms with E-state index in [1.807, 2.05) is 0 Å². The van der Waals surface area contributed by atoms with Crippen molar-refractivity contribution in [3.8, 4) is 0 Å². The van der Waals surface area contributed by atoms with Crippen LogP contribution in [0.1, 0.15) is 46.5 Å². The van der Waals surface area contributed by atoms with E-state index in [1.54, 1.807) is 0 Å². The van der Waals surface area contributed by atoms with E-state index in [1.165, 1.54) is 32.2 Å². The predicted octanol–water partition coefficient (Wildman–Crippen LogP) is 2.68. The first-order valence-electron chi connectivity index (χ1n) is 6.27. The molecule has 0 aromatic carbocycles. The Labute approximate surface area is 94.0 Å². The summed E-state index contributed by atoms with van der Waals surface area (Å²) < 4.78 is 5.99. The highest BCUT2D eigenvalue weighted by Crippen LogP contribution is 2.53. The summed E-state index contributed by atoms with van der Waals surface area (Å²) in [5.74, 6) is 0. The predicted molar refractivity (Wildman–Crippen MR) is 63.0 cm³/mol. The Bertz CT molecular complexity index is 227. The first-order chi connectivity index (χ1) is 6.93. The minimum atomic E-state index is 0.0206. The van der Waals surface area contributed by atoms with Crippen LogP contribution in [0.25, 0.3) is 0 Å². The quantitative estimate of drug-likeness (QED) is 0.711. The highest BCUT2D eigenvalue weighted by Gasteiger charge is 2.52. The summed E-state index contributed by atoms with van der Waals surface area (Å²) in [5, 5.41) is 0. The second-order valence-electron chi connectivity index (χ2n) is 6.40. The summed E-state index contributed by atoms with van der Waals surface area (Å²) in [6, 6.07) is 0.792. The Morgan fingerprint density at radius 2 is 2.00 bits per heavy atom. The average Bonchev–Trinajstić information content (AvgIpc) is 2.79. The summed E-state index contributed by atoms with van der Waals surface area (Å²) in [7, 11) is 2.27. The highest BCUT2D eigenvalue weighted by atomic mass is 16.5. The first-order valence-corrected chi connectivity index (χ1v) is 6.27. The van der Waals surface area contributed by atoms with E-state index in [4.69, 9.17) is 4.74 Å². The number of rotatable bonds is 3. The molecule has 0 spiro atoms. The molecule has 1 saturated heterocycles. The van der Waals surface area contributed by atoms with Gasteiger partial charge < -0.3 is 9.64 Å². The third-order valence-corrected chi connectivity index (χ3v) is 3.91. The maximum absolute atomic E-state index is 5.99. The fraction of sp³-hybridized carbons (Fsp3) is 1.00. The minimum absolute atomic E-state index is 0.0206. The molecule has 1 aliphatic carbocycles. The average molecular weight is 211 g/mol. The molecule has 2 aliphatic rings. The first kappa shape index (κ1) is 11.4. The van der Waals surface area contributed by atoms with Crippen LogP contribution in [0.4, 0.5) is 0 Å². The second-order valence-corrected chi connectivity index (χ2v) is 6.40. The van der Waals surface area contributed by atoms with Gasteiger partial charge in [-0.2, -0.15) is 0 Å². The van der Waals surface area contributed by atoms with Crippen LogP contribution in [0, 0.1) is 5.41 Å². The van der Waals surface area contributed by atoms with Gasteiger partial charge in [0.25, 0.3) is 0 Å². The monoisotopic (exact) mass is 211 g/mol. The SMILES string of the molecule is CN1CCCC1C1(COC(C)(C)C)CC1. The Morgan fingerprint density at radius 1 is 1.33 bits per heavy atom. The molecule has 1 atom stereocenters. The van der Waals surface area contributed by atoms with Crippen LogP contribution in [0.3, 0.4) is 0 Å². The van der Waals surface area contributed by atoms with E-state index in [-0.39, 0.29) is 5.60 Å². The molecule has 2 nitrogen and oxygen atoms in total. The van der Waals surface area contributed by atoms with Crippen molar-refractivity contribution in [2.75, 3.05) is 20.2 Å². The van der Waals surface area contributed by atoms with Crippen molar-refractivity contribution in [1.82, 2.24) is 4.90 Å². The van der Waals surface area contributed by atoms with Crippen molar-refractivity contribution in [2.24, 2.45) is 5.41 Å². The van der Waals surface area contributed by atoms with Crippen molar-refractivity contribution in [2.45, 2.75) is 58.1 Å². The van der Waals surface area contributed by atoms with Gasteiger partial charge in [0.1, 0.15) is 0 Å². The van der Waals surface area contributed by atoms with Crippen LogP contribution in [-0.2, 0) is 4.74 Å². The van der Waals surface area contributed by atoms with Gasteiger partial charge in [0.15, 0.2) is 0 Å². The molecule has 2 rings (SSSR count). The van der Waals surface area contributed by atoms with E-state index in [9.17, 15) is 0 Å². The zero-order chi connectivity index (χ0) is 11.1. The highest BCUT2D eigenvalue weighted by molar-refractivity contribution is 5.04. The molecule has 15 heavy (non-hydrogen) atoms. The van der Waals surface area contributed by atoms with Gasteiger partial charge in [0, 0.05) is 11.5 Å². The van der Waals surface area contributed by atoms with Gasteiger partial charge >= 0.3 is 0 Å². The smallest absolute Gasteiger partial charge is 0.0598 e. The lowest BCUT2D eigenvalue weighted by Gasteiger charge is -2.31. The molecule has 2 heteroatoms. The molecule has 1 saturated carbocycles. The van der Waals surface area contributed by atoms with E-state index in [0.717, 1.165) is 12.6 Å². The van der Waals surface area contributed by atoms with Gasteiger partial charge in [0.05, 0.1) is 12.2 Å². The van der Waals surface area contributed by atoms with Gasteiger partial charge in [0.2, 0.25) is 0 Å². The molecule has 0 radical (unpaired) electrons. The Balaban J connectivity index is 1.90. The van der Waals surface area contributed by atoms with Gasteiger partial charge in [-0.15, -0.1) is 0 Å². The van der Waals surface area contributed by atoms with E-state index in [2.05, 4.69) is 32.7 Å². The molecule has 2 fully saturated rings. The molecule has 0 bridgehead atoms. The number of hydrogen-bond donors (Lipinski definition) is 0. The zero-order valence-electron chi connectivity index (χ0n) is 10.7. The topological polar surface area (TPSA) is 12.5 Å². The molecule has 1 aliphatic heterocycles. The van der Waals surface area contributed by atoms with Crippen LogP contribution >= 0.6 is 0 Å². The van der Waals surface area contributed by atoms with E-state index >= 15 is 0 Å². The van der Waals surface area contributed by atoms with Crippen LogP contribution in [0.5, 0.6) is 0 Å². The van der Waals surface area contributed by atoms with Gasteiger partial charge in [-0.1, -0.05) is 0 Å². The molecular weight excluding hydrogens is 186 g/mol. The Morgan fingerprint density at radius 3 is 2.40 bits per heavy atom. The molecule has 88 valence electrons. The number of nitrogens with zero attached hydrogens (tertiary/aromatic N) is 1. The van der Waals surface area contributed by atoms with Crippen LogP contribution in [0.15, 0.2) is 0 Å². The van der Waals surface area contributed by atoms with Crippen molar-refractivity contribution in [1.29, 1.82) is 0 Å². The molecular formula is C13H25NO.